The van der Waals surface area contributed by atoms with Gasteiger partial charge in [-0.25, -0.2) is 0 Å². The van der Waals surface area contributed by atoms with Crippen LogP contribution in [0.15, 0.2) is 24.3 Å². The summed E-state index contributed by atoms with van der Waals surface area (Å²) in [6.07, 6.45) is 0. The van der Waals surface area contributed by atoms with Gasteiger partial charge in [-0.2, -0.15) is 0 Å². The van der Waals surface area contributed by atoms with Crippen LogP contribution >= 0.6 is 0 Å². The minimum atomic E-state index is -1.000. The molecule has 0 bridgehead atoms. The highest BCUT2D eigenvalue weighted by atomic mass is 16.4. The van der Waals surface area contributed by atoms with Gasteiger partial charge in [0.05, 0.1) is 5.92 Å². The Kier molecular flexibility index (Phi) is 5.90. The molecule has 0 aromatic heterocycles. The van der Waals surface area contributed by atoms with Gasteiger partial charge in [-0.1, -0.05) is 24.6 Å². The van der Waals surface area contributed by atoms with Crippen LogP contribution in [0.3, 0.4) is 0 Å². The first-order chi connectivity index (χ1) is 9.85. The van der Waals surface area contributed by atoms with E-state index in [1.807, 2.05) is 19.1 Å². The number of anilines is 1. The van der Waals surface area contributed by atoms with Crippen LogP contribution in [0.1, 0.15) is 19.4 Å². The average Bonchev–Trinajstić information content (AvgIpc) is 2.45. The summed E-state index contributed by atoms with van der Waals surface area (Å²) >= 11 is 0. The number of rotatable bonds is 5. The highest BCUT2D eigenvalue weighted by Gasteiger charge is 2.24. The van der Waals surface area contributed by atoms with Gasteiger partial charge in [0.2, 0.25) is 0 Å². The lowest BCUT2D eigenvalue weighted by Gasteiger charge is -2.22. The molecule has 1 rings (SSSR count). The smallest absolute Gasteiger partial charge is 0.313 e. The molecule has 114 valence electrons. The van der Waals surface area contributed by atoms with Gasteiger partial charge in [0.1, 0.15) is 0 Å². The maximum absolute atomic E-state index is 12.0. The van der Waals surface area contributed by atoms with E-state index in [4.69, 9.17) is 5.11 Å². The monoisotopic (exact) mass is 292 g/mol. The molecule has 6 heteroatoms. The molecule has 0 aliphatic heterocycles. The summed E-state index contributed by atoms with van der Waals surface area (Å²) in [5.41, 5.74) is 1.58. The molecule has 1 aromatic rings. The SMILES string of the molecule is CCN(CC(C)C(=O)O)C(=O)C(=O)Nc1ccc(C)cc1. The predicted molar refractivity (Wildman–Crippen MR) is 78.9 cm³/mol. The van der Waals surface area contributed by atoms with Crippen LogP contribution in [0.25, 0.3) is 0 Å². The Morgan fingerprint density at radius 3 is 2.29 bits per heavy atom. The van der Waals surface area contributed by atoms with Crippen molar-refractivity contribution in [1.29, 1.82) is 0 Å². The molecule has 0 aliphatic rings. The summed E-state index contributed by atoms with van der Waals surface area (Å²) in [5.74, 6) is -3.22. The summed E-state index contributed by atoms with van der Waals surface area (Å²) in [7, 11) is 0. The fourth-order valence-corrected chi connectivity index (χ4v) is 1.73. The molecular weight excluding hydrogens is 272 g/mol. The first kappa shape index (κ1) is 16.7. The minimum absolute atomic E-state index is 0.00594. The number of nitrogens with zero attached hydrogens (tertiary/aromatic N) is 1. The molecule has 1 atom stereocenters. The summed E-state index contributed by atoms with van der Waals surface area (Å²) < 4.78 is 0. The summed E-state index contributed by atoms with van der Waals surface area (Å²) in [4.78, 5) is 36.0. The number of aliphatic carboxylic acids is 1. The van der Waals surface area contributed by atoms with Gasteiger partial charge in [-0.15, -0.1) is 0 Å². The third kappa shape index (κ3) is 4.91. The van der Waals surface area contributed by atoms with Crippen LogP contribution in [-0.2, 0) is 14.4 Å². The maximum atomic E-state index is 12.0. The Hall–Kier alpha value is -2.37. The van der Waals surface area contributed by atoms with E-state index in [0.717, 1.165) is 5.56 Å². The Balaban J connectivity index is 2.68. The van der Waals surface area contributed by atoms with Crippen molar-refractivity contribution in [3.63, 3.8) is 0 Å². The second kappa shape index (κ2) is 7.42. The number of hydrogen-bond acceptors (Lipinski definition) is 3. The van der Waals surface area contributed by atoms with Gasteiger partial charge in [-0.05, 0) is 26.0 Å². The largest absolute Gasteiger partial charge is 0.481 e. The first-order valence-corrected chi connectivity index (χ1v) is 6.74. The Morgan fingerprint density at radius 1 is 1.24 bits per heavy atom. The fraction of sp³-hybridized carbons (Fsp3) is 0.400. The van der Waals surface area contributed by atoms with Crippen LogP contribution in [0, 0.1) is 12.8 Å². The Labute approximate surface area is 123 Å². The van der Waals surface area contributed by atoms with Crippen molar-refractivity contribution in [1.82, 2.24) is 4.90 Å². The van der Waals surface area contributed by atoms with E-state index in [1.54, 1.807) is 19.1 Å². The number of carboxylic acids is 1. The molecule has 6 nitrogen and oxygen atoms in total. The van der Waals surface area contributed by atoms with Gasteiger partial charge in [0.15, 0.2) is 0 Å². The number of carboxylic acid groups (broad SMARTS) is 1. The lowest BCUT2D eigenvalue weighted by atomic mass is 10.1. The number of benzene rings is 1. The third-order valence-corrected chi connectivity index (χ3v) is 3.09. The zero-order valence-corrected chi connectivity index (χ0v) is 12.4. The Morgan fingerprint density at radius 2 is 1.81 bits per heavy atom. The lowest BCUT2D eigenvalue weighted by molar-refractivity contribution is -0.146. The molecule has 0 fully saturated rings. The normalized spacial score (nSPS) is 11.6. The van der Waals surface area contributed by atoms with E-state index in [1.165, 1.54) is 11.8 Å². The van der Waals surface area contributed by atoms with Crippen molar-refractivity contribution in [2.45, 2.75) is 20.8 Å². The van der Waals surface area contributed by atoms with Crippen molar-refractivity contribution >= 4 is 23.5 Å². The number of aryl methyl sites for hydroxylation is 1. The zero-order chi connectivity index (χ0) is 16.0. The molecule has 1 aromatic carbocycles. The molecule has 2 amide bonds. The van der Waals surface area contributed by atoms with E-state index in [-0.39, 0.29) is 13.1 Å². The van der Waals surface area contributed by atoms with E-state index in [9.17, 15) is 14.4 Å². The standard InChI is InChI=1S/C15H20N2O4/c1-4-17(9-11(3)15(20)21)14(19)13(18)16-12-7-5-10(2)6-8-12/h5-8,11H,4,9H2,1-3H3,(H,16,18)(H,20,21). The predicted octanol–water partition coefficient (Wildman–Crippen LogP) is 1.50. The molecule has 0 saturated carbocycles. The highest BCUT2D eigenvalue weighted by molar-refractivity contribution is 6.39. The molecule has 21 heavy (non-hydrogen) atoms. The highest BCUT2D eigenvalue weighted by Crippen LogP contribution is 2.09. The number of amides is 2. The minimum Gasteiger partial charge on any atom is -0.481 e. The molecular formula is C15H20N2O4. The van der Waals surface area contributed by atoms with Gasteiger partial charge < -0.3 is 15.3 Å². The van der Waals surface area contributed by atoms with Crippen LogP contribution in [0.4, 0.5) is 5.69 Å². The van der Waals surface area contributed by atoms with Crippen molar-refractivity contribution in [2.75, 3.05) is 18.4 Å². The van der Waals surface area contributed by atoms with Crippen molar-refractivity contribution in [3.8, 4) is 0 Å². The van der Waals surface area contributed by atoms with Crippen LogP contribution in [0.2, 0.25) is 0 Å². The molecule has 0 aliphatic carbocycles. The molecule has 0 saturated heterocycles. The van der Waals surface area contributed by atoms with Gasteiger partial charge in [0, 0.05) is 18.8 Å². The molecule has 1 unspecified atom stereocenters. The van der Waals surface area contributed by atoms with Crippen molar-refractivity contribution < 1.29 is 19.5 Å². The summed E-state index contributed by atoms with van der Waals surface area (Å²) in [5, 5.41) is 11.4. The fourth-order valence-electron chi connectivity index (χ4n) is 1.73. The number of likely N-dealkylation sites (N-methyl/N-ethyl adjacent to an activating group) is 1. The van der Waals surface area contributed by atoms with Crippen molar-refractivity contribution in [3.05, 3.63) is 29.8 Å². The molecule has 2 N–H and O–H groups in total. The first-order valence-electron chi connectivity index (χ1n) is 6.74. The van der Waals surface area contributed by atoms with E-state index >= 15 is 0 Å². The van der Waals surface area contributed by atoms with Gasteiger partial charge in [-0.3, -0.25) is 14.4 Å². The third-order valence-electron chi connectivity index (χ3n) is 3.09. The van der Waals surface area contributed by atoms with Crippen molar-refractivity contribution in [2.24, 2.45) is 5.92 Å². The molecule has 0 heterocycles. The summed E-state index contributed by atoms with van der Waals surface area (Å²) in [6, 6.07) is 7.06. The second-order valence-electron chi connectivity index (χ2n) is 4.90. The van der Waals surface area contributed by atoms with Crippen LogP contribution < -0.4 is 5.32 Å². The second-order valence-corrected chi connectivity index (χ2v) is 4.90. The molecule has 0 spiro atoms. The van der Waals surface area contributed by atoms with Crippen LogP contribution in [-0.4, -0.2) is 40.9 Å². The number of hydrogen-bond donors (Lipinski definition) is 2. The van der Waals surface area contributed by atoms with E-state index in [2.05, 4.69) is 5.32 Å². The van der Waals surface area contributed by atoms with E-state index < -0.39 is 23.7 Å². The van der Waals surface area contributed by atoms with Gasteiger partial charge in [0.25, 0.3) is 0 Å². The quantitative estimate of drug-likeness (QED) is 0.805. The number of carbonyl (C=O) groups excluding carboxylic acids is 2. The van der Waals surface area contributed by atoms with Gasteiger partial charge >= 0.3 is 17.8 Å². The maximum Gasteiger partial charge on any atom is 0.313 e. The Bertz CT molecular complexity index is 525. The zero-order valence-electron chi connectivity index (χ0n) is 12.4. The van der Waals surface area contributed by atoms with E-state index in [0.29, 0.717) is 5.69 Å². The topological polar surface area (TPSA) is 86.7 Å². The van der Waals surface area contributed by atoms with Crippen LogP contribution in [0.5, 0.6) is 0 Å². The molecule has 0 radical (unpaired) electrons. The number of nitrogens with one attached hydrogen (secondary N) is 1. The number of carbonyl (C=O) groups is 3. The summed E-state index contributed by atoms with van der Waals surface area (Å²) in [6.45, 7) is 5.40. The lowest BCUT2D eigenvalue weighted by Crippen LogP contribution is -2.42. The average molecular weight is 292 g/mol.